The van der Waals surface area contributed by atoms with Crippen LogP contribution in [-0.4, -0.2) is 40.0 Å². The third-order valence-electron chi connectivity index (χ3n) is 3.77. The molecule has 2 rings (SSSR count). The van der Waals surface area contributed by atoms with Gasteiger partial charge in [0.1, 0.15) is 0 Å². The number of carbonyl (C=O) groups is 2. The number of hydrogen-bond donors (Lipinski definition) is 1. The van der Waals surface area contributed by atoms with E-state index in [9.17, 15) is 9.59 Å². The van der Waals surface area contributed by atoms with Gasteiger partial charge in [0, 0.05) is 20.0 Å². The highest BCUT2D eigenvalue weighted by Crippen LogP contribution is 2.31. The number of rotatable bonds is 2. The number of aryl methyl sites for hydroxylation is 2. The van der Waals surface area contributed by atoms with E-state index < -0.39 is 11.4 Å². The molecule has 0 radical (unpaired) electrons. The van der Waals surface area contributed by atoms with Gasteiger partial charge in [0.2, 0.25) is 5.76 Å². The Morgan fingerprint density at radius 2 is 1.89 bits per heavy atom. The summed E-state index contributed by atoms with van der Waals surface area (Å²) in [5, 5.41) is 9.15. The highest BCUT2D eigenvalue weighted by atomic mass is 16.4. The van der Waals surface area contributed by atoms with Gasteiger partial charge in [0.05, 0.1) is 11.1 Å². The first-order chi connectivity index (χ1) is 8.83. The molecule has 2 heterocycles. The summed E-state index contributed by atoms with van der Waals surface area (Å²) >= 11 is 0. The largest absolute Gasteiger partial charge is 0.481 e. The van der Waals surface area contributed by atoms with E-state index in [2.05, 4.69) is 4.98 Å². The number of oxazole rings is 1. The van der Waals surface area contributed by atoms with Crippen molar-refractivity contribution in [2.45, 2.75) is 33.6 Å². The zero-order valence-corrected chi connectivity index (χ0v) is 11.4. The van der Waals surface area contributed by atoms with Gasteiger partial charge in [-0.3, -0.25) is 9.59 Å². The average Bonchev–Trinajstić information content (AvgIpc) is 2.68. The first kappa shape index (κ1) is 13.6. The fraction of sp³-hybridized carbons (Fsp3) is 0.615. The number of carbonyl (C=O) groups excluding carboxylic acids is 1. The Morgan fingerprint density at radius 1 is 1.32 bits per heavy atom. The number of piperidine rings is 1. The number of carboxylic acids is 1. The molecule has 1 aromatic rings. The van der Waals surface area contributed by atoms with Crippen LogP contribution in [0.25, 0.3) is 0 Å². The SMILES string of the molecule is Cc1nc(C)c(C(=O)N2CCC(C)(C(=O)O)CC2)o1. The van der Waals surface area contributed by atoms with Crippen molar-refractivity contribution in [3.63, 3.8) is 0 Å². The quantitative estimate of drug-likeness (QED) is 0.879. The van der Waals surface area contributed by atoms with Gasteiger partial charge in [-0.1, -0.05) is 0 Å². The molecule has 1 aliphatic rings. The number of likely N-dealkylation sites (tertiary alicyclic amines) is 1. The second kappa shape index (κ2) is 4.68. The number of aromatic nitrogens is 1. The molecule has 0 aromatic carbocycles. The summed E-state index contributed by atoms with van der Waals surface area (Å²) < 4.78 is 5.31. The molecule has 0 unspecified atom stereocenters. The van der Waals surface area contributed by atoms with Crippen molar-refractivity contribution < 1.29 is 19.1 Å². The van der Waals surface area contributed by atoms with Crippen molar-refractivity contribution in [2.24, 2.45) is 5.41 Å². The van der Waals surface area contributed by atoms with E-state index in [1.807, 2.05) is 0 Å². The average molecular weight is 266 g/mol. The molecule has 0 aliphatic carbocycles. The van der Waals surface area contributed by atoms with E-state index >= 15 is 0 Å². The van der Waals surface area contributed by atoms with Crippen LogP contribution in [0.15, 0.2) is 4.42 Å². The smallest absolute Gasteiger partial charge is 0.309 e. The minimum atomic E-state index is -0.800. The van der Waals surface area contributed by atoms with Gasteiger partial charge in [-0.05, 0) is 26.7 Å². The Bertz CT molecular complexity index is 513. The van der Waals surface area contributed by atoms with Gasteiger partial charge < -0.3 is 14.4 Å². The van der Waals surface area contributed by atoms with E-state index in [1.54, 1.807) is 25.7 Å². The molecule has 1 fully saturated rings. The Morgan fingerprint density at radius 3 is 2.32 bits per heavy atom. The maximum atomic E-state index is 12.3. The van der Waals surface area contributed by atoms with Crippen LogP contribution in [-0.2, 0) is 4.79 Å². The Hall–Kier alpha value is -1.85. The van der Waals surface area contributed by atoms with Gasteiger partial charge in [0.15, 0.2) is 5.89 Å². The molecule has 1 amide bonds. The van der Waals surface area contributed by atoms with Gasteiger partial charge in [-0.25, -0.2) is 4.98 Å². The second-order valence-electron chi connectivity index (χ2n) is 5.31. The van der Waals surface area contributed by atoms with Crippen molar-refractivity contribution in [1.29, 1.82) is 0 Å². The van der Waals surface area contributed by atoms with Crippen LogP contribution in [0, 0.1) is 19.3 Å². The fourth-order valence-corrected chi connectivity index (χ4v) is 2.29. The molecule has 1 aliphatic heterocycles. The van der Waals surface area contributed by atoms with Crippen molar-refractivity contribution in [3.8, 4) is 0 Å². The molecule has 0 saturated carbocycles. The van der Waals surface area contributed by atoms with E-state index in [-0.39, 0.29) is 11.7 Å². The van der Waals surface area contributed by atoms with Gasteiger partial charge >= 0.3 is 5.97 Å². The monoisotopic (exact) mass is 266 g/mol. The normalized spacial score (nSPS) is 18.4. The molecule has 1 saturated heterocycles. The molecular formula is C13H18N2O4. The minimum Gasteiger partial charge on any atom is -0.481 e. The van der Waals surface area contributed by atoms with Crippen LogP contribution in [0.3, 0.4) is 0 Å². The second-order valence-corrected chi connectivity index (χ2v) is 5.31. The highest BCUT2D eigenvalue weighted by Gasteiger charge is 2.38. The summed E-state index contributed by atoms with van der Waals surface area (Å²) in [4.78, 5) is 29.1. The number of carboxylic acid groups (broad SMARTS) is 1. The number of hydrogen-bond acceptors (Lipinski definition) is 4. The molecule has 0 atom stereocenters. The summed E-state index contributed by atoms with van der Waals surface area (Å²) in [6.07, 6.45) is 0.917. The lowest BCUT2D eigenvalue weighted by Gasteiger charge is -2.36. The summed E-state index contributed by atoms with van der Waals surface area (Å²) in [6.45, 7) is 6.01. The lowest BCUT2D eigenvalue weighted by molar-refractivity contribution is -0.150. The van der Waals surface area contributed by atoms with Gasteiger partial charge in [0.25, 0.3) is 5.91 Å². The van der Waals surface area contributed by atoms with Crippen LogP contribution in [0.1, 0.15) is 41.9 Å². The first-order valence-corrected chi connectivity index (χ1v) is 6.30. The van der Waals surface area contributed by atoms with Crippen molar-refractivity contribution in [1.82, 2.24) is 9.88 Å². The van der Waals surface area contributed by atoms with Crippen LogP contribution in [0.2, 0.25) is 0 Å². The lowest BCUT2D eigenvalue weighted by atomic mass is 9.80. The first-order valence-electron chi connectivity index (χ1n) is 6.30. The maximum absolute atomic E-state index is 12.3. The zero-order valence-electron chi connectivity index (χ0n) is 11.4. The lowest BCUT2D eigenvalue weighted by Crippen LogP contribution is -2.45. The van der Waals surface area contributed by atoms with Crippen LogP contribution < -0.4 is 0 Å². The van der Waals surface area contributed by atoms with Gasteiger partial charge in [-0.2, -0.15) is 0 Å². The van der Waals surface area contributed by atoms with Crippen LogP contribution in [0.4, 0.5) is 0 Å². The summed E-state index contributed by atoms with van der Waals surface area (Å²) in [6, 6.07) is 0. The fourth-order valence-electron chi connectivity index (χ4n) is 2.29. The van der Waals surface area contributed by atoms with Gasteiger partial charge in [-0.15, -0.1) is 0 Å². The minimum absolute atomic E-state index is 0.203. The predicted octanol–water partition coefficient (Wildman–Crippen LogP) is 1.62. The molecule has 6 heteroatoms. The molecule has 0 bridgehead atoms. The predicted molar refractivity (Wildman–Crippen MR) is 66.9 cm³/mol. The Labute approximate surface area is 111 Å². The highest BCUT2D eigenvalue weighted by molar-refractivity contribution is 5.92. The van der Waals surface area contributed by atoms with Crippen molar-refractivity contribution in [2.75, 3.05) is 13.1 Å². The van der Waals surface area contributed by atoms with E-state index in [0.29, 0.717) is 37.5 Å². The van der Waals surface area contributed by atoms with E-state index in [0.717, 1.165) is 0 Å². The van der Waals surface area contributed by atoms with Crippen molar-refractivity contribution in [3.05, 3.63) is 17.3 Å². The third-order valence-corrected chi connectivity index (χ3v) is 3.77. The number of amides is 1. The standard InChI is InChI=1S/C13H18N2O4/c1-8-10(19-9(2)14-8)11(16)15-6-4-13(3,5-7-15)12(17)18/h4-7H2,1-3H3,(H,17,18). The maximum Gasteiger partial charge on any atom is 0.309 e. The Balaban J connectivity index is 2.08. The molecule has 19 heavy (non-hydrogen) atoms. The number of nitrogens with zero attached hydrogens (tertiary/aromatic N) is 2. The summed E-state index contributed by atoms with van der Waals surface area (Å²) in [7, 11) is 0. The van der Waals surface area contributed by atoms with Crippen LogP contribution >= 0.6 is 0 Å². The number of aliphatic carboxylic acids is 1. The van der Waals surface area contributed by atoms with E-state index in [1.165, 1.54) is 0 Å². The summed E-state index contributed by atoms with van der Waals surface area (Å²) in [5.41, 5.74) is -0.155. The molecule has 1 aromatic heterocycles. The van der Waals surface area contributed by atoms with E-state index in [4.69, 9.17) is 9.52 Å². The van der Waals surface area contributed by atoms with Crippen molar-refractivity contribution >= 4 is 11.9 Å². The topological polar surface area (TPSA) is 83.6 Å². The summed E-state index contributed by atoms with van der Waals surface area (Å²) in [5.74, 6) is -0.276. The molecule has 6 nitrogen and oxygen atoms in total. The molecule has 104 valence electrons. The third kappa shape index (κ3) is 2.47. The molecular weight excluding hydrogens is 248 g/mol. The van der Waals surface area contributed by atoms with Crippen LogP contribution in [0.5, 0.6) is 0 Å². The zero-order chi connectivity index (χ0) is 14.2. The Kier molecular flexibility index (Phi) is 3.34. The molecule has 0 spiro atoms. The molecule has 1 N–H and O–H groups in total.